The maximum atomic E-state index is 2.53. The Labute approximate surface area is 188 Å². The predicted octanol–water partition coefficient (Wildman–Crippen LogP) is 8.25. The summed E-state index contributed by atoms with van der Waals surface area (Å²) in [6, 6.07) is 27.4. The summed E-state index contributed by atoms with van der Waals surface area (Å²) < 4.78 is 0. The van der Waals surface area contributed by atoms with E-state index in [0.29, 0.717) is 0 Å². The topological polar surface area (TPSA) is 0 Å². The summed E-state index contributed by atoms with van der Waals surface area (Å²) >= 11 is 0. The number of hydrogen-bond acceptors (Lipinski definition) is 0. The van der Waals surface area contributed by atoms with Crippen LogP contribution < -0.4 is 0 Å². The molecule has 1 unspecified atom stereocenters. The van der Waals surface area contributed by atoms with Crippen LogP contribution in [0.4, 0.5) is 0 Å². The number of benzene rings is 3. The van der Waals surface area contributed by atoms with E-state index in [1.165, 1.54) is 51.8 Å². The molecule has 3 aromatic rings. The normalized spacial score (nSPS) is 15.9. The van der Waals surface area contributed by atoms with Crippen LogP contribution in [0.1, 0.15) is 59.6 Å². The zero-order valence-electron chi connectivity index (χ0n) is 19.4. The Kier molecular flexibility index (Phi) is 6.28. The van der Waals surface area contributed by atoms with E-state index >= 15 is 0 Å². The van der Waals surface area contributed by atoms with Gasteiger partial charge in [0, 0.05) is 5.92 Å². The third-order valence-corrected chi connectivity index (χ3v) is 6.65. The Bertz CT molecular complexity index is 1000. The van der Waals surface area contributed by atoms with Gasteiger partial charge >= 0.3 is 0 Å². The number of allylic oxidation sites excluding steroid dienone is 4. The van der Waals surface area contributed by atoms with E-state index in [1.54, 1.807) is 0 Å². The van der Waals surface area contributed by atoms with Crippen molar-refractivity contribution >= 4 is 0 Å². The molecule has 158 valence electrons. The maximum Gasteiger partial charge on any atom is 0.0548 e. The number of rotatable bonds is 7. The predicted molar refractivity (Wildman–Crippen MR) is 134 cm³/mol. The molecule has 0 nitrogen and oxygen atoms in total. The van der Waals surface area contributed by atoms with Crippen LogP contribution in [-0.4, -0.2) is 0 Å². The lowest BCUT2D eigenvalue weighted by atomic mass is 9.61. The van der Waals surface area contributed by atoms with Gasteiger partial charge in [0.05, 0.1) is 5.41 Å². The standard InChI is InChI=1S/C31H34/c1-5-6-13-26-17-18-30(22-26)31(27-14-7-10-23(2)19-27,28-15-8-11-24(3)20-28)29-16-9-12-25(4)21-29/h7-12,14-22,30H,5-6,13H2,1-4H3. The molecular weight excluding hydrogens is 372 g/mol. The quantitative estimate of drug-likeness (QED) is 0.346. The fourth-order valence-corrected chi connectivity index (χ4v) is 5.13. The highest BCUT2D eigenvalue weighted by Gasteiger charge is 2.43. The van der Waals surface area contributed by atoms with Crippen molar-refractivity contribution in [2.45, 2.75) is 52.4 Å². The van der Waals surface area contributed by atoms with E-state index in [9.17, 15) is 0 Å². The minimum atomic E-state index is -0.255. The Morgan fingerprint density at radius 3 is 1.61 bits per heavy atom. The molecule has 0 aromatic heterocycles. The number of aryl methyl sites for hydroxylation is 3. The van der Waals surface area contributed by atoms with E-state index in [0.717, 1.165) is 6.42 Å². The lowest BCUT2D eigenvalue weighted by molar-refractivity contribution is 0.526. The van der Waals surface area contributed by atoms with Gasteiger partial charge in [-0.3, -0.25) is 0 Å². The molecule has 1 aliphatic rings. The molecule has 1 atom stereocenters. The van der Waals surface area contributed by atoms with Gasteiger partial charge in [0.15, 0.2) is 0 Å². The van der Waals surface area contributed by atoms with Crippen molar-refractivity contribution < 1.29 is 0 Å². The summed E-state index contributed by atoms with van der Waals surface area (Å²) in [6.45, 7) is 8.88. The second kappa shape index (κ2) is 9.10. The second-order valence-electron chi connectivity index (χ2n) is 9.15. The summed E-state index contributed by atoms with van der Waals surface area (Å²) in [4.78, 5) is 0. The van der Waals surface area contributed by atoms with E-state index in [-0.39, 0.29) is 11.3 Å². The molecule has 31 heavy (non-hydrogen) atoms. The van der Waals surface area contributed by atoms with Crippen molar-refractivity contribution in [2.75, 3.05) is 0 Å². The van der Waals surface area contributed by atoms with Gasteiger partial charge in [-0.15, -0.1) is 0 Å². The monoisotopic (exact) mass is 406 g/mol. The van der Waals surface area contributed by atoms with Crippen LogP contribution in [0.2, 0.25) is 0 Å². The highest BCUT2D eigenvalue weighted by Crippen LogP contribution is 2.49. The molecule has 0 fully saturated rings. The molecule has 3 aromatic carbocycles. The van der Waals surface area contributed by atoms with Crippen LogP contribution >= 0.6 is 0 Å². The molecule has 0 aliphatic heterocycles. The average Bonchev–Trinajstić information content (AvgIpc) is 3.22. The Hall–Kier alpha value is -2.86. The summed E-state index contributed by atoms with van der Waals surface area (Å²) in [5.74, 6) is 0.282. The van der Waals surface area contributed by atoms with Crippen LogP contribution in [0.25, 0.3) is 0 Å². The van der Waals surface area contributed by atoms with Crippen molar-refractivity contribution in [1.29, 1.82) is 0 Å². The van der Waals surface area contributed by atoms with Crippen molar-refractivity contribution in [3.8, 4) is 0 Å². The molecule has 0 heterocycles. The van der Waals surface area contributed by atoms with Crippen LogP contribution in [0.15, 0.2) is 96.6 Å². The molecule has 0 saturated carbocycles. The van der Waals surface area contributed by atoms with Gasteiger partial charge < -0.3 is 0 Å². The molecule has 0 bridgehead atoms. The molecule has 0 heteroatoms. The first-order valence-electron chi connectivity index (χ1n) is 11.6. The van der Waals surface area contributed by atoms with Gasteiger partial charge in [-0.1, -0.05) is 127 Å². The first-order valence-corrected chi connectivity index (χ1v) is 11.6. The highest BCUT2D eigenvalue weighted by molar-refractivity contribution is 5.57. The van der Waals surface area contributed by atoms with E-state index in [1.807, 2.05) is 0 Å². The fourth-order valence-electron chi connectivity index (χ4n) is 5.13. The third-order valence-electron chi connectivity index (χ3n) is 6.65. The highest BCUT2D eigenvalue weighted by atomic mass is 14.4. The molecular formula is C31H34. The Balaban J connectivity index is 2.03. The van der Waals surface area contributed by atoms with Gasteiger partial charge in [-0.2, -0.15) is 0 Å². The van der Waals surface area contributed by atoms with Gasteiger partial charge in [-0.05, 0) is 50.3 Å². The average molecular weight is 407 g/mol. The Morgan fingerprint density at radius 1 is 0.710 bits per heavy atom. The van der Waals surface area contributed by atoms with E-state index in [2.05, 4.69) is 119 Å². The zero-order chi connectivity index (χ0) is 21.8. The van der Waals surface area contributed by atoms with Crippen LogP contribution in [-0.2, 0) is 5.41 Å². The van der Waals surface area contributed by atoms with Gasteiger partial charge in [0.2, 0.25) is 0 Å². The first kappa shape index (κ1) is 21.4. The molecule has 1 aliphatic carbocycles. The van der Waals surface area contributed by atoms with Gasteiger partial charge in [0.25, 0.3) is 0 Å². The second-order valence-corrected chi connectivity index (χ2v) is 9.15. The molecule has 0 spiro atoms. The molecule has 4 rings (SSSR count). The summed E-state index contributed by atoms with van der Waals surface area (Å²) in [6.07, 6.45) is 11.0. The summed E-state index contributed by atoms with van der Waals surface area (Å²) in [5.41, 5.74) is 9.24. The van der Waals surface area contributed by atoms with E-state index in [4.69, 9.17) is 0 Å². The van der Waals surface area contributed by atoms with Crippen molar-refractivity contribution in [3.63, 3.8) is 0 Å². The minimum Gasteiger partial charge on any atom is -0.0758 e. The lowest BCUT2D eigenvalue weighted by Gasteiger charge is -2.40. The van der Waals surface area contributed by atoms with Crippen molar-refractivity contribution in [3.05, 3.63) is 130 Å². The number of unbranched alkanes of at least 4 members (excludes halogenated alkanes) is 1. The molecule has 0 radical (unpaired) electrons. The summed E-state index contributed by atoms with van der Waals surface area (Å²) in [5, 5.41) is 0. The van der Waals surface area contributed by atoms with Crippen LogP contribution in [0, 0.1) is 26.7 Å². The Morgan fingerprint density at radius 2 is 1.19 bits per heavy atom. The molecule has 0 saturated heterocycles. The summed E-state index contributed by atoms with van der Waals surface area (Å²) in [7, 11) is 0. The smallest absolute Gasteiger partial charge is 0.0548 e. The fraction of sp³-hybridized carbons (Fsp3) is 0.290. The van der Waals surface area contributed by atoms with Gasteiger partial charge in [0.1, 0.15) is 0 Å². The van der Waals surface area contributed by atoms with E-state index < -0.39 is 0 Å². The third kappa shape index (κ3) is 4.17. The molecule has 0 N–H and O–H groups in total. The largest absolute Gasteiger partial charge is 0.0758 e. The van der Waals surface area contributed by atoms with Crippen molar-refractivity contribution in [2.24, 2.45) is 5.92 Å². The first-order chi connectivity index (χ1) is 15.0. The zero-order valence-corrected chi connectivity index (χ0v) is 19.4. The van der Waals surface area contributed by atoms with Crippen molar-refractivity contribution in [1.82, 2.24) is 0 Å². The minimum absolute atomic E-state index is 0.255. The SMILES string of the molecule is CCCCC1=CC(C(c2cccc(C)c2)(c2cccc(C)c2)c2cccc(C)c2)C=C1. The van der Waals surface area contributed by atoms with Crippen LogP contribution in [0.5, 0.6) is 0 Å². The lowest BCUT2D eigenvalue weighted by Crippen LogP contribution is -2.36. The van der Waals surface area contributed by atoms with Gasteiger partial charge in [-0.25, -0.2) is 0 Å². The number of hydrogen-bond donors (Lipinski definition) is 0. The van der Waals surface area contributed by atoms with Crippen LogP contribution in [0.3, 0.4) is 0 Å². The maximum absolute atomic E-state index is 2.53. The molecule has 0 amide bonds.